The number of carbonyl (C=O) groups excluding carboxylic acids is 1. The first-order valence-electron chi connectivity index (χ1n) is 4.84. The minimum Gasteiger partial charge on any atom is -0.351 e. The van der Waals surface area contributed by atoms with Crippen LogP contribution in [0.25, 0.3) is 0 Å². The molecule has 0 aromatic heterocycles. The van der Waals surface area contributed by atoms with Gasteiger partial charge in [0.25, 0.3) is 5.91 Å². The van der Waals surface area contributed by atoms with E-state index in [2.05, 4.69) is 26.6 Å². The number of likely N-dealkylation sites (N-methyl/N-ethyl adjacent to an activating group) is 1. The van der Waals surface area contributed by atoms with Crippen LogP contribution in [0.5, 0.6) is 0 Å². The lowest BCUT2D eigenvalue weighted by Gasteiger charge is -2.07. The van der Waals surface area contributed by atoms with Gasteiger partial charge in [-0.15, -0.1) is 0 Å². The third-order valence-corrected chi connectivity index (χ3v) is 2.59. The normalized spacial score (nSPS) is 10.1. The van der Waals surface area contributed by atoms with Crippen LogP contribution in [0, 0.1) is 6.92 Å². The van der Waals surface area contributed by atoms with Crippen LogP contribution in [-0.2, 0) is 0 Å². The summed E-state index contributed by atoms with van der Waals surface area (Å²) >= 11 is 3.37. The topological polar surface area (TPSA) is 41.1 Å². The average molecular weight is 271 g/mol. The Morgan fingerprint density at radius 1 is 1.40 bits per heavy atom. The van der Waals surface area contributed by atoms with Crippen LogP contribution >= 0.6 is 15.9 Å². The van der Waals surface area contributed by atoms with E-state index >= 15 is 0 Å². The summed E-state index contributed by atoms with van der Waals surface area (Å²) in [5.41, 5.74) is 1.71. The number of hydrogen-bond acceptors (Lipinski definition) is 2. The summed E-state index contributed by atoms with van der Waals surface area (Å²) in [5, 5.41) is 5.82. The first-order valence-corrected chi connectivity index (χ1v) is 5.63. The van der Waals surface area contributed by atoms with Crippen molar-refractivity contribution in [3.8, 4) is 0 Å². The molecule has 0 saturated heterocycles. The Balaban J connectivity index is 2.65. The number of carbonyl (C=O) groups is 1. The van der Waals surface area contributed by atoms with Gasteiger partial charge in [0.15, 0.2) is 0 Å². The van der Waals surface area contributed by atoms with E-state index in [9.17, 15) is 4.79 Å². The predicted molar refractivity (Wildman–Crippen MR) is 65.1 cm³/mol. The van der Waals surface area contributed by atoms with Gasteiger partial charge in [-0.1, -0.05) is 15.9 Å². The van der Waals surface area contributed by atoms with Gasteiger partial charge in [0.2, 0.25) is 0 Å². The van der Waals surface area contributed by atoms with Gasteiger partial charge in [-0.25, -0.2) is 0 Å². The zero-order chi connectivity index (χ0) is 11.3. The van der Waals surface area contributed by atoms with Crippen molar-refractivity contribution in [2.24, 2.45) is 0 Å². The van der Waals surface area contributed by atoms with Crippen molar-refractivity contribution in [1.29, 1.82) is 0 Å². The summed E-state index contributed by atoms with van der Waals surface area (Å²) in [6, 6.07) is 5.64. The summed E-state index contributed by atoms with van der Waals surface area (Å²) < 4.78 is 0.992. The average Bonchev–Trinajstić information content (AvgIpc) is 2.17. The second-order valence-corrected chi connectivity index (χ2v) is 4.23. The number of amides is 1. The first kappa shape index (κ1) is 12.2. The molecule has 0 aliphatic heterocycles. The molecule has 1 aromatic rings. The van der Waals surface area contributed by atoms with Gasteiger partial charge in [-0.3, -0.25) is 4.79 Å². The fourth-order valence-electron chi connectivity index (χ4n) is 1.28. The Hall–Kier alpha value is -0.870. The highest BCUT2D eigenvalue weighted by atomic mass is 79.9. The Bertz CT molecular complexity index is 352. The lowest BCUT2D eigenvalue weighted by Crippen LogP contribution is -2.30. The van der Waals surface area contributed by atoms with Crippen LogP contribution in [-0.4, -0.2) is 26.0 Å². The van der Waals surface area contributed by atoms with E-state index in [1.54, 1.807) is 0 Å². The van der Waals surface area contributed by atoms with Gasteiger partial charge in [-0.05, 0) is 37.7 Å². The van der Waals surface area contributed by atoms with Gasteiger partial charge >= 0.3 is 0 Å². The fraction of sp³-hybridized carbons (Fsp3) is 0.364. The van der Waals surface area contributed by atoms with Crippen LogP contribution in [0.2, 0.25) is 0 Å². The Morgan fingerprint density at radius 2 is 2.13 bits per heavy atom. The van der Waals surface area contributed by atoms with E-state index in [4.69, 9.17) is 0 Å². The molecule has 1 rings (SSSR count). The molecule has 1 amide bonds. The molecule has 0 fully saturated rings. The SMILES string of the molecule is CNCCNC(=O)c1ccc(Br)cc1C. The van der Waals surface area contributed by atoms with Crippen LogP contribution in [0.1, 0.15) is 15.9 Å². The summed E-state index contributed by atoms with van der Waals surface area (Å²) in [7, 11) is 1.86. The minimum atomic E-state index is -0.0183. The van der Waals surface area contributed by atoms with Crippen molar-refractivity contribution in [3.63, 3.8) is 0 Å². The molecule has 0 aliphatic carbocycles. The highest BCUT2D eigenvalue weighted by Gasteiger charge is 2.07. The number of benzene rings is 1. The van der Waals surface area contributed by atoms with Crippen LogP contribution < -0.4 is 10.6 Å². The molecule has 0 saturated carbocycles. The van der Waals surface area contributed by atoms with Gasteiger partial charge in [0.05, 0.1) is 0 Å². The Kier molecular flexibility index (Phi) is 4.78. The maximum atomic E-state index is 11.7. The fourth-order valence-corrected chi connectivity index (χ4v) is 1.75. The zero-order valence-corrected chi connectivity index (χ0v) is 10.5. The maximum Gasteiger partial charge on any atom is 0.251 e. The minimum absolute atomic E-state index is 0.0183. The van der Waals surface area contributed by atoms with Crippen molar-refractivity contribution in [2.45, 2.75) is 6.92 Å². The molecular weight excluding hydrogens is 256 g/mol. The molecule has 0 atom stereocenters. The van der Waals surface area contributed by atoms with Gasteiger partial charge in [0.1, 0.15) is 0 Å². The maximum absolute atomic E-state index is 11.7. The molecule has 2 N–H and O–H groups in total. The molecule has 0 bridgehead atoms. The second kappa shape index (κ2) is 5.88. The molecule has 0 spiro atoms. The highest BCUT2D eigenvalue weighted by Crippen LogP contribution is 2.15. The van der Waals surface area contributed by atoms with E-state index in [1.165, 1.54) is 0 Å². The molecule has 82 valence electrons. The van der Waals surface area contributed by atoms with E-state index in [0.717, 1.165) is 22.1 Å². The largest absolute Gasteiger partial charge is 0.351 e. The Morgan fingerprint density at radius 3 is 2.73 bits per heavy atom. The molecule has 15 heavy (non-hydrogen) atoms. The molecule has 0 unspecified atom stereocenters. The molecule has 0 radical (unpaired) electrons. The first-order chi connectivity index (χ1) is 7.15. The standard InChI is InChI=1S/C11H15BrN2O/c1-8-7-9(12)3-4-10(8)11(15)14-6-5-13-2/h3-4,7,13H,5-6H2,1-2H3,(H,14,15). The molecule has 1 aromatic carbocycles. The van der Waals surface area contributed by atoms with Crippen molar-refractivity contribution >= 4 is 21.8 Å². The van der Waals surface area contributed by atoms with E-state index < -0.39 is 0 Å². The van der Waals surface area contributed by atoms with E-state index in [-0.39, 0.29) is 5.91 Å². The number of rotatable bonds is 4. The number of aryl methyl sites for hydroxylation is 1. The molecular formula is C11H15BrN2O. The van der Waals surface area contributed by atoms with Crippen molar-refractivity contribution in [2.75, 3.05) is 20.1 Å². The van der Waals surface area contributed by atoms with Gasteiger partial charge in [-0.2, -0.15) is 0 Å². The lowest BCUT2D eigenvalue weighted by molar-refractivity contribution is 0.0953. The van der Waals surface area contributed by atoms with E-state index in [0.29, 0.717) is 6.54 Å². The third-order valence-electron chi connectivity index (χ3n) is 2.09. The number of hydrogen-bond donors (Lipinski definition) is 2. The summed E-state index contributed by atoms with van der Waals surface area (Å²) in [6.07, 6.45) is 0. The van der Waals surface area contributed by atoms with Gasteiger partial charge < -0.3 is 10.6 Å². The monoisotopic (exact) mass is 270 g/mol. The highest BCUT2D eigenvalue weighted by molar-refractivity contribution is 9.10. The second-order valence-electron chi connectivity index (χ2n) is 3.32. The molecule has 0 heterocycles. The lowest BCUT2D eigenvalue weighted by atomic mass is 10.1. The van der Waals surface area contributed by atoms with Crippen LogP contribution in [0.4, 0.5) is 0 Å². The Labute approximate surface area is 98.4 Å². The smallest absolute Gasteiger partial charge is 0.251 e. The quantitative estimate of drug-likeness (QED) is 0.818. The number of halogens is 1. The molecule has 4 heteroatoms. The predicted octanol–water partition coefficient (Wildman–Crippen LogP) is 1.71. The summed E-state index contributed by atoms with van der Waals surface area (Å²) in [6.45, 7) is 3.35. The third kappa shape index (κ3) is 3.64. The molecule has 3 nitrogen and oxygen atoms in total. The van der Waals surface area contributed by atoms with E-state index in [1.807, 2.05) is 32.2 Å². The van der Waals surface area contributed by atoms with Gasteiger partial charge in [0, 0.05) is 23.1 Å². The van der Waals surface area contributed by atoms with Crippen molar-refractivity contribution in [1.82, 2.24) is 10.6 Å². The molecule has 0 aliphatic rings. The zero-order valence-electron chi connectivity index (χ0n) is 8.93. The van der Waals surface area contributed by atoms with Crippen molar-refractivity contribution in [3.05, 3.63) is 33.8 Å². The van der Waals surface area contributed by atoms with Crippen LogP contribution in [0.3, 0.4) is 0 Å². The number of nitrogens with one attached hydrogen (secondary N) is 2. The van der Waals surface area contributed by atoms with Crippen molar-refractivity contribution < 1.29 is 4.79 Å². The van der Waals surface area contributed by atoms with Crippen LogP contribution in [0.15, 0.2) is 22.7 Å². The summed E-state index contributed by atoms with van der Waals surface area (Å²) in [5.74, 6) is -0.0183. The summed E-state index contributed by atoms with van der Waals surface area (Å²) in [4.78, 5) is 11.7.